The van der Waals surface area contributed by atoms with E-state index in [2.05, 4.69) is 14.8 Å². The summed E-state index contributed by atoms with van der Waals surface area (Å²) < 4.78 is 42.5. The number of allylic oxidation sites excluding steroid dienone is 5. The van der Waals surface area contributed by atoms with Gasteiger partial charge in [-0.1, -0.05) is 36.5 Å². The molecule has 3 rings (SSSR count). The van der Waals surface area contributed by atoms with Gasteiger partial charge < -0.3 is 5.73 Å². The normalized spacial score (nSPS) is 24.2. The molecule has 1 aliphatic heterocycles. The second kappa shape index (κ2) is 6.48. The van der Waals surface area contributed by atoms with Crippen molar-refractivity contribution in [2.75, 3.05) is 0 Å². The second-order valence-corrected chi connectivity index (χ2v) is 5.24. The van der Waals surface area contributed by atoms with E-state index in [-0.39, 0.29) is 0 Å². The summed E-state index contributed by atoms with van der Waals surface area (Å²) in [6.07, 6.45) is 8.10. The summed E-state index contributed by atoms with van der Waals surface area (Å²) in [6.45, 7) is 0. The van der Waals surface area contributed by atoms with E-state index in [1.54, 1.807) is 29.1 Å². The van der Waals surface area contributed by atoms with Crippen LogP contribution >= 0.6 is 0 Å². The van der Waals surface area contributed by atoms with E-state index in [1.807, 2.05) is 6.08 Å². The number of alkyl halides is 3. The van der Waals surface area contributed by atoms with Crippen molar-refractivity contribution < 1.29 is 17.9 Å². The van der Waals surface area contributed by atoms with Gasteiger partial charge >= 0.3 is 6.36 Å². The SMILES string of the molecule is NC1=Nn2c(/C3=C/C=C\C(OC(F)(F)F)C=CC3)cnc2CC=C1. The Balaban J connectivity index is 1.86. The van der Waals surface area contributed by atoms with Crippen LogP contribution in [0.2, 0.25) is 0 Å². The van der Waals surface area contributed by atoms with Crippen LogP contribution in [0, 0.1) is 0 Å². The van der Waals surface area contributed by atoms with Gasteiger partial charge in [-0.25, -0.2) is 9.66 Å². The van der Waals surface area contributed by atoms with Crippen LogP contribution in [0.4, 0.5) is 13.2 Å². The van der Waals surface area contributed by atoms with Gasteiger partial charge in [0.25, 0.3) is 0 Å². The molecule has 1 atom stereocenters. The molecule has 8 heteroatoms. The summed E-state index contributed by atoms with van der Waals surface area (Å²) in [4.78, 5) is 4.33. The Kier molecular flexibility index (Phi) is 4.39. The van der Waals surface area contributed by atoms with Crippen LogP contribution in [0.1, 0.15) is 17.9 Å². The first-order chi connectivity index (χ1) is 11.4. The zero-order chi connectivity index (χ0) is 17.2. The molecule has 1 aromatic rings. The first-order valence-electron chi connectivity index (χ1n) is 7.29. The van der Waals surface area contributed by atoms with Gasteiger partial charge in [0.2, 0.25) is 0 Å². The molecule has 5 nitrogen and oxygen atoms in total. The molecule has 1 aliphatic carbocycles. The topological polar surface area (TPSA) is 65.4 Å². The predicted molar refractivity (Wildman–Crippen MR) is 83.9 cm³/mol. The summed E-state index contributed by atoms with van der Waals surface area (Å²) >= 11 is 0. The minimum absolute atomic E-state index is 0.365. The Hall–Kier alpha value is -2.61. The van der Waals surface area contributed by atoms with Crippen molar-refractivity contribution in [3.8, 4) is 0 Å². The molecule has 0 bridgehead atoms. The maximum Gasteiger partial charge on any atom is 0.523 e. The number of imidazole rings is 1. The van der Waals surface area contributed by atoms with Crippen molar-refractivity contribution in [3.05, 3.63) is 60.2 Å². The first kappa shape index (κ1) is 16.3. The molecular weight excluding hydrogens is 321 g/mol. The smallest absolute Gasteiger partial charge is 0.382 e. The van der Waals surface area contributed by atoms with Crippen LogP contribution in [0.3, 0.4) is 0 Å². The number of ether oxygens (including phenoxy) is 1. The van der Waals surface area contributed by atoms with Crippen molar-refractivity contribution in [1.29, 1.82) is 0 Å². The summed E-state index contributed by atoms with van der Waals surface area (Å²) in [5, 5.41) is 4.29. The summed E-state index contributed by atoms with van der Waals surface area (Å²) in [5.74, 6) is 1.11. The molecule has 0 radical (unpaired) electrons. The standard InChI is InChI=1S/C16H15F3N4O/c17-16(18,19)24-12-6-1-4-11(5-2-7-12)13-10-21-15-9-3-8-14(20)22-23(13)15/h1-4,6-8,10,12H,5,9H2,(H2,20,22)/b6-1-,7-2?,11-4+. The fourth-order valence-corrected chi connectivity index (χ4v) is 2.45. The highest BCUT2D eigenvalue weighted by molar-refractivity contribution is 5.91. The van der Waals surface area contributed by atoms with E-state index in [4.69, 9.17) is 5.73 Å². The van der Waals surface area contributed by atoms with Gasteiger partial charge in [-0.15, -0.1) is 18.3 Å². The van der Waals surface area contributed by atoms with E-state index in [9.17, 15) is 13.2 Å². The van der Waals surface area contributed by atoms with Gasteiger partial charge in [-0.2, -0.15) is 0 Å². The van der Waals surface area contributed by atoms with E-state index in [0.717, 1.165) is 17.1 Å². The number of aromatic nitrogens is 2. The number of fused-ring (bicyclic) bond motifs is 1. The van der Waals surface area contributed by atoms with Crippen molar-refractivity contribution >= 4 is 11.4 Å². The van der Waals surface area contributed by atoms with Gasteiger partial charge in [0.15, 0.2) is 0 Å². The fraction of sp³-hybridized carbons (Fsp3) is 0.250. The average molecular weight is 336 g/mol. The highest BCUT2D eigenvalue weighted by atomic mass is 19.4. The van der Waals surface area contributed by atoms with Gasteiger partial charge in [0, 0.05) is 6.42 Å². The van der Waals surface area contributed by atoms with Crippen molar-refractivity contribution in [3.63, 3.8) is 0 Å². The van der Waals surface area contributed by atoms with Crippen LogP contribution in [0.25, 0.3) is 5.57 Å². The number of hydrogen-bond donors (Lipinski definition) is 1. The zero-order valence-corrected chi connectivity index (χ0v) is 12.6. The molecule has 0 spiro atoms. The molecule has 24 heavy (non-hydrogen) atoms. The molecule has 0 amide bonds. The molecule has 0 fully saturated rings. The molecule has 1 unspecified atom stereocenters. The van der Waals surface area contributed by atoms with Crippen LogP contribution in [0.15, 0.2) is 53.8 Å². The molecule has 2 aliphatic rings. The first-order valence-corrected chi connectivity index (χ1v) is 7.29. The molecular formula is C16H15F3N4O. The van der Waals surface area contributed by atoms with E-state index >= 15 is 0 Å². The van der Waals surface area contributed by atoms with Gasteiger partial charge in [0.05, 0.1) is 11.9 Å². The molecule has 2 heterocycles. The Bertz CT molecular complexity index is 769. The van der Waals surface area contributed by atoms with Gasteiger partial charge in [0.1, 0.15) is 17.8 Å². The lowest BCUT2D eigenvalue weighted by molar-refractivity contribution is -0.330. The zero-order valence-electron chi connectivity index (χ0n) is 12.6. The Labute approximate surface area is 136 Å². The summed E-state index contributed by atoms with van der Waals surface area (Å²) in [5.41, 5.74) is 7.40. The maximum atomic E-state index is 12.3. The number of rotatable bonds is 2. The largest absolute Gasteiger partial charge is 0.523 e. The van der Waals surface area contributed by atoms with E-state index < -0.39 is 12.5 Å². The van der Waals surface area contributed by atoms with Crippen molar-refractivity contribution in [2.45, 2.75) is 25.3 Å². The van der Waals surface area contributed by atoms with Crippen LogP contribution in [-0.2, 0) is 11.2 Å². The number of amidine groups is 1. The molecule has 2 N–H and O–H groups in total. The lowest BCUT2D eigenvalue weighted by Gasteiger charge is -2.14. The second-order valence-electron chi connectivity index (χ2n) is 5.24. The lowest BCUT2D eigenvalue weighted by Crippen LogP contribution is -2.20. The number of nitrogens with zero attached hydrogens (tertiary/aromatic N) is 3. The Morgan fingerprint density at radius 3 is 2.83 bits per heavy atom. The number of hydrogen-bond acceptors (Lipinski definition) is 4. The Morgan fingerprint density at radius 2 is 2.04 bits per heavy atom. The monoisotopic (exact) mass is 336 g/mol. The Morgan fingerprint density at radius 1 is 1.21 bits per heavy atom. The number of halogens is 3. The van der Waals surface area contributed by atoms with Crippen molar-refractivity contribution in [1.82, 2.24) is 9.66 Å². The summed E-state index contributed by atoms with van der Waals surface area (Å²) in [7, 11) is 0. The highest BCUT2D eigenvalue weighted by Crippen LogP contribution is 2.25. The molecule has 0 aromatic carbocycles. The van der Waals surface area contributed by atoms with Crippen LogP contribution < -0.4 is 5.73 Å². The quantitative estimate of drug-likeness (QED) is 0.845. The highest BCUT2D eigenvalue weighted by Gasteiger charge is 2.31. The van der Waals surface area contributed by atoms with Crippen LogP contribution in [-0.4, -0.2) is 28.0 Å². The minimum atomic E-state index is -4.67. The van der Waals surface area contributed by atoms with E-state index in [0.29, 0.717) is 18.7 Å². The lowest BCUT2D eigenvalue weighted by atomic mass is 10.1. The predicted octanol–water partition coefficient (Wildman–Crippen LogP) is 2.92. The molecule has 0 saturated carbocycles. The fourth-order valence-electron chi connectivity index (χ4n) is 2.45. The molecule has 1 aromatic heterocycles. The van der Waals surface area contributed by atoms with Gasteiger partial charge in [-0.05, 0) is 18.1 Å². The van der Waals surface area contributed by atoms with Crippen molar-refractivity contribution in [2.24, 2.45) is 10.8 Å². The average Bonchev–Trinajstić information content (AvgIpc) is 2.74. The van der Waals surface area contributed by atoms with Gasteiger partial charge in [-0.3, -0.25) is 4.74 Å². The third kappa shape index (κ3) is 3.83. The maximum absolute atomic E-state index is 12.3. The van der Waals surface area contributed by atoms with E-state index in [1.165, 1.54) is 18.2 Å². The third-order valence-corrected chi connectivity index (χ3v) is 3.47. The minimum Gasteiger partial charge on any atom is -0.382 e. The molecule has 126 valence electrons. The summed E-state index contributed by atoms with van der Waals surface area (Å²) in [6, 6.07) is 0. The third-order valence-electron chi connectivity index (χ3n) is 3.47. The molecule has 0 saturated heterocycles. The number of nitrogens with two attached hydrogens (primary N) is 1. The van der Waals surface area contributed by atoms with Crippen LogP contribution in [0.5, 0.6) is 0 Å².